The second kappa shape index (κ2) is 7.08. The third-order valence-electron chi connectivity index (χ3n) is 3.32. The maximum atomic E-state index is 11.7. The Morgan fingerprint density at radius 2 is 1.65 bits per heavy atom. The Kier molecular flexibility index (Phi) is 5.35. The lowest BCUT2D eigenvalue weighted by molar-refractivity contribution is 0.588. The molecule has 0 bridgehead atoms. The van der Waals surface area contributed by atoms with Crippen LogP contribution in [-0.4, -0.2) is 20.6 Å². The SMILES string of the molecule is CNS(=O)(=O)c1ccc(NC(=S)Nc2ccc(C)cc2C)cc1. The molecule has 2 rings (SSSR count). The zero-order chi connectivity index (χ0) is 17.0. The first-order chi connectivity index (χ1) is 10.8. The van der Waals surface area contributed by atoms with Crippen LogP contribution in [0.4, 0.5) is 11.4 Å². The van der Waals surface area contributed by atoms with Crippen LogP contribution in [0.3, 0.4) is 0 Å². The fourth-order valence-corrected chi connectivity index (χ4v) is 3.03. The maximum absolute atomic E-state index is 11.7. The summed E-state index contributed by atoms with van der Waals surface area (Å²) in [5.74, 6) is 0. The highest BCUT2D eigenvalue weighted by atomic mass is 32.2. The predicted molar refractivity (Wildman–Crippen MR) is 98.4 cm³/mol. The van der Waals surface area contributed by atoms with Gasteiger partial charge in [0.05, 0.1) is 4.90 Å². The first-order valence-electron chi connectivity index (χ1n) is 7.01. The van der Waals surface area contributed by atoms with E-state index >= 15 is 0 Å². The van der Waals surface area contributed by atoms with Gasteiger partial charge in [0.1, 0.15) is 0 Å². The second-order valence-corrected chi connectivity index (χ2v) is 7.42. The smallest absolute Gasteiger partial charge is 0.240 e. The average Bonchev–Trinajstić information content (AvgIpc) is 2.50. The van der Waals surface area contributed by atoms with Crippen molar-refractivity contribution in [2.45, 2.75) is 18.7 Å². The lowest BCUT2D eigenvalue weighted by Crippen LogP contribution is -2.20. The molecule has 0 radical (unpaired) electrons. The summed E-state index contributed by atoms with van der Waals surface area (Å²) in [6.45, 7) is 4.05. The molecule has 122 valence electrons. The van der Waals surface area contributed by atoms with Crippen molar-refractivity contribution < 1.29 is 8.42 Å². The monoisotopic (exact) mass is 349 g/mol. The molecule has 0 atom stereocenters. The van der Waals surface area contributed by atoms with Gasteiger partial charge >= 0.3 is 0 Å². The van der Waals surface area contributed by atoms with Crippen LogP contribution in [0.2, 0.25) is 0 Å². The van der Waals surface area contributed by atoms with Gasteiger partial charge in [-0.25, -0.2) is 13.1 Å². The normalized spacial score (nSPS) is 11.1. The quantitative estimate of drug-likeness (QED) is 0.740. The van der Waals surface area contributed by atoms with Crippen LogP contribution < -0.4 is 15.4 Å². The van der Waals surface area contributed by atoms with Crippen LogP contribution in [0.15, 0.2) is 47.4 Å². The fourth-order valence-electron chi connectivity index (χ4n) is 2.07. The predicted octanol–water partition coefficient (Wildman–Crippen LogP) is 3.02. The summed E-state index contributed by atoms with van der Waals surface area (Å²) >= 11 is 5.29. The van der Waals surface area contributed by atoms with Crippen LogP contribution in [0.5, 0.6) is 0 Å². The van der Waals surface area contributed by atoms with Gasteiger partial charge in [-0.05, 0) is 69.0 Å². The molecule has 0 aromatic heterocycles. The van der Waals surface area contributed by atoms with Crippen LogP contribution in [0, 0.1) is 13.8 Å². The Morgan fingerprint density at radius 3 is 2.22 bits per heavy atom. The molecule has 0 heterocycles. The summed E-state index contributed by atoms with van der Waals surface area (Å²) < 4.78 is 25.6. The Morgan fingerprint density at radius 1 is 1.00 bits per heavy atom. The van der Waals surface area contributed by atoms with Crippen molar-refractivity contribution >= 4 is 38.7 Å². The van der Waals surface area contributed by atoms with Crippen LogP contribution >= 0.6 is 12.2 Å². The third kappa shape index (κ3) is 4.51. The van der Waals surface area contributed by atoms with Crippen molar-refractivity contribution in [1.82, 2.24) is 4.72 Å². The third-order valence-corrected chi connectivity index (χ3v) is 4.96. The molecular formula is C16H19N3O2S2. The minimum Gasteiger partial charge on any atom is -0.332 e. The summed E-state index contributed by atoms with van der Waals surface area (Å²) in [5, 5.41) is 6.61. The van der Waals surface area contributed by atoms with E-state index in [1.807, 2.05) is 26.0 Å². The Bertz CT molecular complexity index is 816. The van der Waals surface area contributed by atoms with Crippen LogP contribution in [0.1, 0.15) is 11.1 Å². The van der Waals surface area contributed by atoms with E-state index in [9.17, 15) is 8.42 Å². The Labute approximate surface area is 142 Å². The first kappa shape index (κ1) is 17.4. The molecule has 2 aromatic carbocycles. The second-order valence-electron chi connectivity index (χ2n) is 5.13. The minimum absolute atomic E-state index is 0.207. The van der Waals surface area contributed by atoms with Gasteiger partial charge in [-0.15, -0.1) is 0 Å². The van der Waals surface area contributed by atoms with E-state index in [2.05, 4.69) is 21.4 Å². The molecule has 2 aromatic rings. The number of rotatable bonds is 4. The average molecular weight is 349 g/mol. The molecule has 0 fully saturated rings. The molecule has 7 heteroatoms. The van der Waals surface area contributed by atoms with Gasteiger partial charge in [-0.2, -0.15) is 0 Å². The van der Waals surface area contributed by atoms with Crippen molar-refractivity contribution in [3.05, 3.63) is 53.6 Å². The molecule has 0 aliphatic heterocycles. The van der Waals surface area contributed by atoms with E-state index in [0.29, 0.717) is 10.8 Å². The fraction of sp³-hybridized carbons (Fsp3) is 0.188. The first-order valence-corrected chi connectivity index (χ1v) is 8.90. The number of thiocarbonyl (C=S) groups is 1. The summed E-state index contributed by atoms with van der Waals surface area (Å²) in [5.41, 5.74) is 3.93. The molecule has 0 aliphatic carbocycles. The standard InChI is InChI=1S/C16H19N3O2S2/c1-11-4-9-15(12(2)10-11)19-16(22)18-13-5-7-14(8-6-13)23(20,21)17-3/h4-10,17H,1-3H3,(H2,18,19,22). The lowest BCUT2D eigenvalue weighted by atomic mass is 10.1. The molecule has 0 saturated carbocycles. The van der Waals surface area contributed by atoms with Gasteiger partial charge in [-0.3, -0.25) is 0 Å². The van der Waals surface area contributed by atoms with Crippen molar-refractivity contribution in [3.8, 4) is 0 Å². The molecule has 5 nitrogen and oxygen atoms in total. The zero-order valence-electron chi connectivity index (χ0n) is 13.2. The molecule has 0 amide bonds. The largest absolute Gasteiger partial charge is 0.332 e. The van der Waals surface area contributed by atoms with Gasteiger partial charge in [0, 0.05) is 11.4 Å². The number of benzene rings is 2. The van der Waals surface area contributed by atoms with Crippen molar-refractivity contribution in [3.63, 3.8) is 0 Å². The number of aryl methyl sites for hydroxylation is 2. The summed E-state index contributed by atoms with van der Waals surface area (Å²) in [4.78, 5) is 0.207. The van der Waals surface area contributed by atoms with Crippen LogP contribution in [0.25, 0.3) is 0 Å². The molecule has 0 spiro atoms. The lowest BCUT2D eigenvalue weighted by Gasteiger charge is -2.13. The van der Waals surface area contributed by atoms with Crippen molar-refractivity contribution in [2.75, 3.05) is 17.7 Å². The highest BCUT2D eigenvalue weighted by Gasteiger charge is 2.10. The molecule has 3 N–H and O–H groups in total. The van der Waals surface area contributed by atoms with E-state index < -0.39 is 10.0 Å². The highest BCUT2D eigenvalue weighted by molar-refractivity contribution is 7.89. The Hall–Kier alpha value is -1.96. The maximum Gasteiger partial charge on any atom is 0.240 e. The van der Waals surface area contributed by atoms with E-state index in [0.717, 1.165) is 11.3 Å². The van der Waals surface area contributed by atoms with Gasteiger partial charge in [0.15, 0.2) is 5.11 Å². The molecular weight excluding hydrogens is 330 g/mol. The molecule has 0 unspecified atom stereocenters. The minimum atomic E-state index is -3.43. The number of anilines is 2. The zero-order valence-corrected chi connectivity index (χ0v) is 14.8. The topological polar surface area (TPSA) is 70.2 Å². The van der Waals surface area contributed by atoms with Crippen molar-refractivity contribution in [2.24, 2.45) is 0 Å². The van der Waals surface area contributed by atoms with Gasteiger partial charge < -0.3 is 10.6 Å². The van der Waals surface area contributed by atoms with Gasteiger partial charge in [0.2, 0.25) is 10.0 Å². The number of hydrogen-bond acceptors (Lipinski definition) is 3. The van der Waals surface area contributed by atoms with Crippen LogP contribution in [-0.2, 0) is 10.0 Å². The summed E-state index contributed by atoms with van der Waals surface area (Å²) in [6.07, 6.45) is 0. The van der Waals surface area contributed by atoms with Gasteiger partial charge in [0.25, 0.3) is 0 Å². The van der Waals surface area contributed by atoms with Crippen molar-refractivity contribution in [1.29, 1.82) is 0 Å². The van der Waals surface area contributed by atoms with E-state index in [1.165, 1.54) is 24.7 Å². The summed E-state index contributed by atoms with van der Waals surface area (Å²) in [6, 6.07) is 12.4. The Balaban J connectivity index is 2.06. The molecule has 23 heavy (non-hydrogen) atoms. The van der Waals surface area contributed by atoms with E-state index in [1.54, 1.807) is 12.1 Å². The number of nitrogens with one attached hydrogen (secondary N) is 3. The summed E-state index contributed by atoms with van der Waals surface area (Å²) in [7, 11) is -2.05. The number of hydrogen-bond donors (Lipinski definition) is 3. The van der Waals surface area contributed by atoms with Gasteiger partial charge in [-0.1, -0.05) is 17.7 Å². The highest BCUT2D eigenvalue weighted by Crippen LogP contribution is 2.17. The van der Waals surface area contributed by atoms with E-state index in [4.69, 9.17) is 12.2 Å². The molecule has 0 saturated heterocycles. The molecule has 0 aliphatic rings. The number of sulfonamides is 1. The van der Waals surface area contributed by atoms with E-state index in [-0.39, 0.29) is 4.90 Å².